The van der Waals surface area contributed by atoms with E-state index in [1.54, 1.807) is 12.4 Å². The minimum Gasteiger partial charge on any atom is -0.481 e. The van der Waals surface area contributed by atoms with Crippen LogP contribution in [0.25, 0.3) is 5.57 Å². The average Bonchev–Trinajstić information content (AvgIpc) is 2.79. The minimum atomic E-state index is -0.802. The molecule has 31 heavy (non-hydrogen) atoms. The van der Waals surface area contributed by atoms with E-state index in [-0.39, 0.29) is 12.5 Å². The molecular weight excluding hydrogens is 390 g/mol. The van der Waals surface area contributed by atoms with Gasteiger partial charge in [0.1, 0.15) is 0 Å². The average molecular weight is 415 g/mol. The van der Waals surface area contributed by atoms with E-state index in [9.17, 15) is 9.59 Å². The molecule has 3 rings (SSSR count). The summed E-state index contributed by atoms with van der Waals surface area (Å²) >= 11 is 0. The van der Waals surface area contributed by atoms with Crippen molar-refractivity contribution >= 4 is 23.3 Å². The number of benzene rings is 2. The lowest BCUT2D eigenvalue weighted by Crippen LogP contribution is -2.28. The summed E-state index contributed by atoms with van der Waals surface area (Å²) in [6.07, 6.45) is 6.81. The second-order valence-corrected chi connectivity index (χ2v) is 7.02. The van der Waals surface area contributed by atoms with E-state index in [1.165, 1.54) is 0 Å². The predicted octanol–water partition coefficient (Wildman–Crippen LogP) is 5.09. The van der Waals surface area contributed by atoms with Crippen molar-refractivity contribution in [3.8, 4) is 0 Å². The highest BCUT2D eigenvalue weighted by Gasteiger charge is 2.08. The predicted molar refractivity (Wildman–Crippen MR) is 122 cm³/mol. The fourth-order valence-corrected chi connectivity index (χ4v) is 3.14. The summed E-state index contributed by atoms with van der Waals surface area (Å²) < 4.78 is 0. The van der Waals surface area contributed by atoms with E-state index in [0.29, 0.717) is 25.1 Å². The maximum atomic E-state index is 12.3. The molecule has 3 N–H and O–H groups in total. The summed E-state index contributed by atoms with van der Waals surface area (Å²) in [7, 11) is 0. The van der Waals surface area contributed by atoms with E-state index >= 15 is 0 Å². The Morgan fingerprint density at radius 3 is 2.52 bits per heavy atom. The third-order valence-corrected chi connectivity index (χ3v) is 4.64. The smallest absolute Gasteiger partial charge is 0.319 e. The first kappa shape index (κ1) is 21.8. The lowest BCUT2D eigenvalue weighted by atomic mass is 9.97. The third kappa shape index (κ3) is 7.12. The number of carbonyl (C=O) groups excluding carboxylic acids is 1. The Morgan fingerprint density at radius 1 is 0.968 bits per heavy atom. The van der Waals surface area contributed by atoms with Crippen LogP contribution in [0.1, 0.15) is 36.0 Å². The van der Waals surface area contributed by atoms with Gasteiger partial charge in [-0.05, 0) is 47.7 Å². The maximum absolute atomic E-state index is 12.3. The van der Waals surface area contributed by atoms with E-state index in [4.69, 9.17) is 5.11 Å². The zero-order valence-corrected chi connectivity index (χ0v) is 17.1. The van der Waals surface area contributed by atoms with Crippen LogP contribution >= 0.6 is 0 Å². The largest absolute Gasteiger partial charge is 0.481 e. The minimum absolute atomic E-state index is 0.125. The van der Waals surface area contributed by atoms with Gasteiger partial charge >= 0.3 is 12.0 Å². The molecule has 158 valence electrons. The first-order chi connectivity index (χ1) is 15.1. The van der Waals surface area contributed by atoms with E-state index < -0.39 is 5.97 Å². The number of aromatic nitrogens is 1. The Kier molecular flexibility index (Phi) is 7.94. The van der Waals surface area contributed by atoms with Crippen LogP contribution in [0.5, 0.6) is 0 Å². The summed E-state index contributed by atoms with van der Waals surface area (Å²) in [5.74, 6) is -0.802. The Balaban J connectivity index is 1.72. The fourth-order valence-electron chi connectivity index (χ4n) is 3.14. The molecule has 0 unspecified atom stereocenters. The molecule has 0 spiro atoms. The molecule has 0 aliphatic carbocycles. The molecule has 0 atom stereocenters. The molecule has 0 aliphatic rings. The zero-order chi connectivity index (χ0) is 21.9. The van der Waals surface area contributed by atoms with Gasteiger partial charge in [-0.25, -0.2) is 4.79 Å². The molecule has 2 amide bonds. The number of hydrogen-bond donors (Lipinski definition) is 3. The number of nitrogens with one attached hydrogen (secondary N) is 2. The van der Waals surface area contributed by atoms with Crippen molar-refractivity contribution in [1.29, 1.82) is 0 Å². The molecule has 0 radical (unpaired) electrons. The lowest BCUT2D eigenvalue weighted by molar-refractivity contribution is -0.137. The van der Waals surface area contributed by atoms with Crippen LogP contribution in [0.15, 0.2) is 85.2 Å². The van der Waals surface area contributed by atoms with Gasteiger partial charge in [0.15, 0.2) is 0 Å². The molecular formula is C25H25N3O3. The van der Waals surface area contributed by atoms with Gasteiger partial charge in [-0.3, -0.25) is 9.78 Å². The fraction of sp³-hybridized carbons (Fsp3) is 0.160. The topological polar surface area (TPSA) is 91.3 Å². The van der Waals surface area contributed by atoms with Crippen LogP contribution in [0.3, 0.4) is 0 Å². The van der Waals surface area contributed by atoms with Crippen LogP contribution < -0.4 is 10.6 Å². The number of unbranched alkanes of at least 4 members (excludes halogenated alkanes) is 1. The number of carboxylic acid groups (broad SMARTS) is 1. The van der Waals surface area contributed by atoms with Crippen LogP contribution in [0.2, 0.25) is 0 Å². The standard InChI is InChI=1S/C25H25N3O3/c29-24(30)14-5-4-13-23(21-11-7-15-26-18-21)20-10-6-12-22(16-20)28-25(31)27-17-19-8-2-1-3-9-19/h1-3,6-13,15-16,18H,4-5,14,17H2,(H,29,30)(H2,27,28,31). The zero-order valence-electron chi connectivity index (χ0n) is 17.1. The number of aliphatic carboxylic acids is 1. The normalized spacial score (nSPS) is 11.0. The van der Waals surface area contributed by atoms with Crippen LogP contribution in [0, 0.1) is 0 Å². The van der Waals surface area contributed by atoms with Gasteiger partial charge in [-0.15, -0.1) is 0 Å². The van der Waals surface area contributed by atoms with Gasteiger partial charge in [-0.1, -0.05) is 54.6 Å². The lowest BCUT2D eigenvalue weighted by Gasteiger charge is -2.12. The molecule has 3 aromatic rings. The van der Waals surface area contributed by atoms with Gasteiger partial charge in [0, 0.05) is 36.6 Å². The van der Waals surface area contributed by atoms with Crippen molar-refractivity contribution in [2.75, 3.05) is 5.32 Å². The Labute approximate surface area is 181 Å². The number of anilines is 1. The second-order valence-electron chi connectivity index (χ2n) is 7.02. The number of amides is 2. The number of carbonyl (C=O) groups is 2. The number of urea groups is 1. The maximum Gasteiger partial charge on any atom is 0.319 e. The summed E-state index contributed by atoms with van der Waals surface area (Å²) in [5, 5.41) is 14.6. The molecule has 0 saturated carbocycles. The van der Waals surface area contributed by atoms with Gasteiger partial charge in [0.2, 0.25) is 0 Å². The van der Waals surface area contributed by atoms with E-state index in [1.807, 2.05) is 72.8 Å². The number of allylic oxidation sites excluding steroid dienone is 1. The number of pyridine rings is 1. The first-order valence-corrected chi connectivity index (χ1v) is 10.1. The van der Waals surface area contributed by atoms with Crippen molar-refractivity contribution < 1.29 is 14.7 Å². The Morgan fingerprint density at radius 2 is 1.77 bits per heavy atom. The summed E-state index contributed by atoms with van der Waals surface area (Å²) in [6, 6.07) is 20.8. The highest BCUT2D eigenvalue weighted by molar-refractivity contribution is 5.90. The number of hydrogen-bond acceptors (Lipinski definition) is 3. The molecule has 6 nitrogen and oxygen atoms in total. The van der Waals surface area contributed by atoms with Crippen LogP contribution in [0.4, 0.5) is 10.5 Å². The summed E-state index contributed by atoms with van der Waals surface area (Å²) in [4.78, 5) is 27.3. The van der Waals surface area contributed by atoms with Crippen molar-refractivity contribution in [2.24, 2.45) is 0 Å². The number of nitrogens with zero attached hydrogens (tertiary/aromatic N) is 1. The number of carboxylic acids is 1. The highest BCUT2D eigenvalue weighted by atomic mass is 16.4. The molecule has 1 aromatic heterocycles. The van der Waals surface area contributed by atoms with E-state index in [0.717, 1.165) is 22.3 Å². The third-order valence-electron chi connectivity index (χ3n) is 4.64. The highest BCUT2D eigenvalue weighted by Crippen LogP contribution is 2.26. The molecule has 6 heteroatoms. The van der Waals surface area contributed by atoms with Crippen molar-refractivity contribution in [2.45, 2.75) is 25.8 Å². The SMILES string of the molecule is O=C(O)CCCC=C(c1cccnc1)c1cccc(NC(=O)NCc2ccccc2)c1. The van der Waals surface area contributed by atoms with Crippen LogP contribution in [-0.2, 0) is 11.3 Å². The van der Waals surface area contributed by atoms with Gasteiger partial charge in [-0.2, -0.15) is 0 Å². The van der Waals surface area contributed by atoms with Crippen LogP contribution in [-0.4, -0.2) is 22.1 Å². The molecule has 0 aliphatic heterocycles. The van der Waals surface area contributed by atoms with Gasteiger partial charge in [0.05, 0.1) is 0 Å². The second kappa shape index (κ2) is 11.3. The summed E-state index contributed by atoms with van der Waals surface area (Å²) in [5.41, 5.74) is 4.50. The van der Waals surface area contributed by atoms with Crippen molar-refractivity contribution in [1.82, 2.24) is 10.3 Å². The van der Waals surface area contributed by atoms with E-state index in [2.05, 4.69) is 15.6 Å². The monoisotopic (exact) mass is 415 g/mol. The molecule has 0 saturated heterocycles. The molecule has 2 aromatic carbocycles. The molecule has 1 heterocycles. The first-order valence-electron chi connectivity index (χ1n) is 10.1. The summed E-state index contributed by atoms with van der Waals surface area (Å²) in [6.45, 7) is 0.441. The van der Waals surface area contributed by atoms with Gasteiger partial charge < -0.3 is 15.7 Å². The quantitative estimate of drug-likeness (QED) is 0.425. The van der Waals surface area contributed by atoms with Crippen molar-refractivity contribution in [3.63, 3.8) is 0 Å². The molecule has 0 fully saturated rings. The Hall–Kier alpha value is -3.93. The number of rotatable bonds is 9. The Bertz CT molecular complexity index is 1030. The van der Waals surface area contributed by atoms with Crippen molar-refractivity contribution in [3.05, 3.63) is 102 Å². The van der Waals surface area contributed by atoms with Gasteiger partial charge in [0.25, 0.3) is 0 Å². The molecule has 0 bridgehead atoms.